The summed E-state index contributed by atoms with van der Waals surface area (Å²) in [6, 6.07) is 17.1. The van der Waals surface area contributed by atoms with Crippen molar-refractivity contribution in [3.05, 3.63) is 77.9 Å². The molecule has 8 heteroatoms. The zero-order valence-corrected chi connectivity index (χ0v) is 15.2. The standard InChI is InChI=1S/C20H18N6O2/c1-14-12-26(20(21)23-14)22-11-15-6-5-7-16(10-15)19-24-18(28-25-19)13-27-17-8-3-2-4-9-17/h2-12H,13H2,1H3,(H2,21,23). The molecule has 0 radical (unpaired) electrons. The monoisotopic (exact) mass is 374 g/mol. The van der Waals surface area contributed by atoms with Crippen LogP contribution in [0.2, 0.25) is 0 Å². The van der Waals surface area contributed by atoms with Gasteiger partial charge in [-0.15, -0.1) is 0 Å². The number of aryl methyl sites for hydroxylation is 1. The molecule has 140 valence electrons. The number of hydrogen-bond acceptors (Lipinski definition) is 7. The fourth-order valence-electron chi connectivity index (χ4n) is 2.58. The molecule has 2 aromatic carbocycles. The van der Waals surface area contributed by atoms with E-state index in [1.165, 1.54) is 4.68 Å². The summed E-state index contributed by atoms with van der Waals surface area (Å²) in [5, 5.41) is 8.35. The molecule has 4 rings (SSSR count). The molecule has 0 saturated carbocycles. The van der Waals surface area contributed by atoms with Gasteiger partial charge in [-0.25, -0.2) is 9.66 Å². The summed E-state index contributed by atoms with van der Waals surface area (Å²) in [5.41, 5.74) is 8.28. The molecule has 0 unspecified atom stereocenters. The van der Waals surface area contributed by atoms with E-state index in [-0.39, 0.29) is 6.61 Å². The first kappa shape index (κ1) is 17.5. The van der Waals surface area contributed by atoms with Crippen molar-refractivity contribution in [1.82, 2.24) is 19.8 Å². The van der Waals surface area contributed by atoms with Crippen molar-refractivity contribution in [2.45, 2.75) is 13.5 Å². The fraction of sp³-hybridized carbons (Fsp3) is 0.100. The van der Waals surface area contributed by atoms with Gasteiger partial charge in [-0.1, -0.05) is 41.6 Å². The molecule has 2 aromatic heterocycles. The van der Waals surface area contributed by atoms with E-state index in [0.717, 1.165) is 22.6 Å². The van der Waals surface area contributed by atoms with Gasteiger partial charge in [0.15, 0.2) is 6.61 Å². The number of nitrogens with two attached hydrogens (primary N) is 1. The summed E-state index contributed by atoms with van der Waals surface area (Å²) in [6.07, 6.45) is 3.45. The lowest BCUT2D eigenvalue weighted by Crippen LogP contribution is -1.97. The fourth-order valence-corrected chi connectivity index (χ4v) is 2.58. The highest BCUT2D eigenvalue weighted by Crippen LogP contribution is 2.18. The van der Waals surface area contributed by atoms with E-state index in [4.69, 9.17) is 15.0 Å². The number of anilines is 1. The molecule has 0 saturated heterocycles. The van der Waals surface area contributed by atoms with Gasteiger partial charge in [0.1, 0.15) is 5.75 Å². The van der Waals surface area contributed by atoms with Crippen LogP contribution >= 0.6 is 0 Å². The van der Waals surface area contributed by atoms with Crippen LogP contribution in [0.3, 0.4) is 0 Å². The molecule has 0 aliphatic rings. The summed E-state index contributed by atoms with van der Waals surface area (Å²) < 4.78 is 12.4. The first-order valence-corrected chi connectivity index (χ1v) is 8.64. The molecule has 8 nitrogen and oxygen atoms in total. The second kappa shape index (κ2) is 7.75. The minimum atomic E-state index is 0.206. The van der Waals surface area contributed by atoms with Crippen molar-refractivity contribution in [2.24, 2.45) is 5.10 Å². The summed E-state index contributed by atoms with van der Waals surface area (Å²) in [4.78, 5) is 8.50. The molecule has 0 aliphatic heterocycles. The summed E-state index contributed by atoms with van der Waals surface area (Å²) in [6.45, 7) is 2.07. The molecule has 0 spiro atoms. The highest BCUT2D eigenvalue weighted by molar-refractivity contribution is 5.81. The van der Waals surface area contributed by atoms with E-state index < -0.39 is 0 Å². The van der Waals surface area contributed by atoms with Gasteiger partial charge in [0, 0.05) is 5.56 Å². The largest absolute Gasteiger partial charge is 0.484 e. The smallest absolute Gasteiger partial charge is 0.264 e. The molecule has 0 amide bonds. The Balaban J connectivity index is 1.47. The van der Waals surface area contributed by atoms with Crippen molar-refractivity contribution in [2.75, 3.05) is 5.73 Å². The Hall–Kier alpha value is -3.94. The molecule has 0 bridgehead atoms. The number of benzene rings is 2. The number of hydrogen-bond donors (Lipinski definition) is 1. The number of aromatic nitrogens is 4. The normalized spacial score (nSPS) is 11.2. The van der Waals surface area contributed by atoms with E-state index in [9.17, 15) is 0 Å². The van der Waals surface area contributed by atoms with E-state index >= 15 is 0 Å². The third kappa shape index (κ3) is 4.07. The Morgan fingerprint density at radius 2 is 2.00 bits per heavy atom. The van der Waals surface area contributed by atoms with Crippen LogP contribution in [0.15, 0.2) is 70.4 Å². The molecule has 0 fully saturated rings. The van der Waals surface area contributed by atoms with Crippen molar-refractivity contribution in [3.8, 4) is 17.1 Å². The molecule has 28 heavy (non-hydrogen) atoms. The third-order valence-corrected chi connectivity index (χ3v) is 3.88. The maximum atomic E-state index is 5.79. The molecule has 0 atom stereocenters. The summed E-state index contributed by atoms with van der Waals surface area (Å²) in [5.74, 6) is 1.97. The van der Waals surface area contributed by atoms with Gasteiger partial charge in [-0.3, -0.25) is 0 Å². The lowest BCUT2D eigenvalue weighted by molar-refractivity contribution is 0.243. The molecular formula is C20H18N6O2. The van der Waals surface area contributed by atoms with Gasteiger partial charge in [0.2, 0.25) is 11.8 Å². The summed E-state index contributed by atoms with van der Waals surface area (Å²) in [7, 11) is 0. The van der Waals surface area contributed by atoms with Crippen LogP contribution in [-0.2, 0) is 6.61 Å². The van der Waals surface area contributed by atoms with Crippen LogP contribution in [-0.4, -0.2) is 26.0 Å². The van der Waals surface area contributed by atoms with Crippen LogP contribution in [0.25, 0.3) is 11.4 Å². The minimum absolute atomic E-state index is 0.206. The third-order valence-electron chi connectivity index (χ3n) is 3.88. The van der Waals surface area contributed by atoms with Gasteiger partial charge in [0.25, 0.3) is 5.89 Å². The average molecular weight is 374 g/mol. The molecular weight excluding hydrogens is 356 g/mol. The van der Waals surface area contributed by atoms with Crippen molar-refractivity contribution in [1.29, 1.82) is 0 Å². The second-order valence-corrected chi connectivity index (χ2v) is 6.07. The van der Waals surface area contributed by atoms with Crippen molar-refractivity contribution >= 4 is 12.2 Å². The predicted octanol–water partition coefficient (Wildman–Crippen LogP) is 3.28. The number of nitrogens with zero attached hydrogens (tertiary/aromatic N) is 5. The van der Waals surface area contributed by atoms with Crippen molar-refractivity contribution in [3.63, 3.8) is 0 Å². The zero-order chi connectivity index (χ0) is 19.3. The Labute approximate surface area is 161 Å². The molecule has 2 heterocycles. The highest BCUT2D eigenvalue weighted by Gasteiger charge is 2.09. The van der Waals surface area contributed by atoms with Gasteiger partial charge < -0.3 is 15.0 Å². The maximum Gasteiger partial charge on any atom is 0.264 e. The van der Waals surface area contributed by atoms with E-state index in [1.54, 1.807) is 12.4 Å². The number of ether oxygens (including phenoxy) is 1. The van der Waals surface area contributed by atoms with Gasteiger partial charge in [-0.2, -0.15) is 10.1 Å². The lowest BCUT2D eigenvalue weighted by atomic mass is 10.1. The number of rotatable bonds is 6. The Kier molecular flexibility index (Phi) is 4.83. The molecule has 2 N–H and O–H groups in total. The van der Waals surface area contributed by atoms with Crippen LogP contribution < -0.4 is 10.5 Å². The van der Waals surface area contributed by atoms with E-state index in [0.29, 0.717) is 17.7 Å². The predicted molar refractivity (Wildman–Crippen MR) is 105 cm³/mol. The minimum Gasteiger partial charge on any atom is -0.484 e. The SMILES string of the molecule is Cc1cn(N=Cc2cccc(-c3noc(COc4ccccc4)n3)c2)c(N)n1. The maximum absolute atomic E-state index is 5.79. The van der Waals surface area contributed by atoms with E-state index in [1.807, 2.05) is 61.5 Å². The van der Waals surface area contributed by atoms with Crippen LogP contribution in [0, 0.1) is 6.92 Å². The Bertz CT molecular complexity index is 1100. The second-order valence-electron chi connectivity index (χ2n) is 6.07. The Morgan fingerprint density at radius 1 is 1.14 bits per heavy atom. The van der Waals surface area contributed by atoms with Gasteiger partial charge in [-0.05, 0) is 30.7 Å². The van der Waals surface area contributed by atoms with Gasteiger partial charge >= 0.3 is 0 Å². The van der Waals surface area contributed by atoms with Crippen LogP contribution in [0.1, 0.15) is 17.1 Å². The van der Waals surface area contributed by atoms with Crippen molar-refractivity contribution < 1.29 is 9.26 Å². The van der Waals surface area contributed by atoms with Gasteiger partial charge in [0.05, 0.1) is 18.1 Å². The number of nitrogen functional groups attached to an aromatic ring is 1. The quantitative estimate of drug-likeness (QED) is 0.519. The number of imidazole rings is 1. The lowest BCUT2D eigenvalue weighted by Gasteiger charge is -2.01. The van der Waals surface area contributed by atoms with Crippen LogP contribution in [0.4, 0.5) is 5.95 Å². The Morgan fingerprint density at radius 3 is 2.79 bits per heavy atom. The molecule has 0 aliphatic carbocycles. The van der Waals surface area contributed by atoms with E-state index in [2.05, 4.69) is 20.2 Å². The molecule has 4 aromatic rings. The highest BCUT2D eigenvalue weighted by atomic mass is 16.5. The average Bonchev–Trinajstić information content (AvgIpc) is 3.32. The topological polar surface area (TPSA) is 104 Å². The zero-order valence-electron chi connectivity index (χ0n) is 15.2. The summed E-state index contributed by atoms with van der Waals surface area (Å²) >= 11 is 0. The number of para-hydroxylation sites is 1. The first-order valence-electron chi connectivity index (χ1n) is 8.64. The van der Waals surface area contributed by atoms with Crippen LogP contribution in [0.5, 0.6) is 5.75 Å². The first-order chi connectivity index (χ1) is 13.7.